The number of phenolic OH excluding ortho intramolecular Hbond substituents is 1. The van der Waals surface area contributed by atoms with Gasteiger partial charge >= 0.3 is 5.97 Å². The van der Waals surface area contributed by atoms with Crippen LogP contribution in [-0.2, 0) is 52.8 Å². The first kappa shape index (κ1) is 48.6. The van der Waals surface area contributed by atoms with Gasteiger partial charge in [0, 0.05) is 81.4 Å². The predicted octanol–water partition coefficient (Wildman–Crippen LogP) is 5.15. The Hall–Kier alpha value is -5.84. The molecule has 2 aromatic heterocycles. The number of nitrogens with zero attached hydrogens (tertiary/aromatic N) is 5. The number of methoxy groups -OCH3 is 1. The molecule has 0 spiro atoms. The quantitative estimate of drug-likeness (QED) is 0.121. The van der Waals surface area contributed by atoms with Gasteiger partial charge in [0.1, 0.15) is 23.9 Å². The number of amides is 4. The van der Waals surface area contributed by atoms with Crippen molar-refractivity contribution in [2.45, 2.75) is 117 Å². The van der Waals surface area contributed by atoms with E-state index in [1.165, 1.54) is 9.91 Å². The van der Waals surface area contributed by atoms with Gasteiger partial charge in [0.05, 0.1) is 36.1 Å². The Morgan fingerprint density at radius 1 is 1.04 bits per heavy atom. The fourth-order valence-corrected chi connectivity index (χ4v) is 10.5. The number of cyclic esters (lactones) is 1. The maximum atomic E-state index is 14.8. The van der Waals surface area contributed by atoms with Crippen LogP contribution in [0.3, 0.4) is 0 Å². The number of benzene rings is 2. The van der Waals surface area contributed by atoms with Crippen molar-refractivity contribution in [3.63, 3.8) is 0 Å². The minimum Gasteiger partial charge on any atom is -0.508 e. The maximum absolute atomic E-state index is 14.8. The number of likely N-dealkylation sites (tertiary alicyclic amines) is 1. The number of nitrogens with one attached hydrogen (secondary N) is 3. The van der Waals surface area contributed by atoms with Gasteiger partial charge in [-0.2, -0.15) is 0 Å². The van der Waals surface area contributed by atoms with Crippen LogP contribution in [0.2, 0.25) is 0 Å². The lowest BCUT2D eigenvalue weighted by Crippen LogP contribution is -2.62. The highest BCUT2D eigenvalue weighted by Crippen LogP contribution is 2.42. The Morgan fingerprint density at radius 3 is 2.53 bits per heavy atom. The summed E-state index contributed by atoms with van der Waals surface area (Å²) in [7, 11) is 3.29. The number of aromatic nitrogens is 2. The van der Waals surface area contributed by atoms with E-state index in [0.29, 0.717) is 57.3 Å². The van der Waals surface area contributed by atoms with E-state index in [9.17, 15) is 29.1 Å². The van der Waals surface area contributed by atoms with Gasteiger partial charge in [-0.3, -0.25) is 34.0 Å². The molecule has 2 aromatic carbocycles. The minimum atomic E-state index is -1.16. The number of phenols is 1. The van der Waals surface area contributed by atoms with Gasteiger partial charge in [-0.15, -0.1) is 0 Å². The molecule has 0 saturated carbocycles. The molecule has 16 heteroatoms. The molecule has 0 radical (unpaired) electrons. The Labute approximate surface area is 399 Å². The van der Waals surface area contributed by atoms with Crippen LogP contribution in [-0.4, -0.2) is 130 Å². The van der Waals surface area contributed by atoms with Gasteiger partial charge < -0.3 is 39.6 Å². The number of hydrogen-bond acceptors (Lipinski definition) is 11. The number of likely N-dealkylation sites (N-methyl/N-ethyl adjacent to an activating group) is 1. The fraction of sp³-hybridized carbons (Fsp3) is 0.538. The normalized spacial score (nSPS) is 22.8. The van der Waals surface area contributed by atoms with E-state index in [1.807, 2.05) is 39.0 Å². The van der Waals surface area contributed by atoms with Gasteiger partial charge in [0.2, 0.25) is 17.7 Å². The first-order chi connectivity index (χ1) is 32.5. The second kappa shape index (κ2) is 20.0. The van der Waals surface area contributed by atoms with E-state index in [-0.39, 0.29) is 61.7 Å². The highest BCUT2D eigenvalue weighted by Gasteiger charge is 2.41. The van der Waals surface area contributed by atoms with E-state index in [1.54, 1.807) is 37.4 Å². The standard InChI is InChI=1S/C52H68N8O8/c1-9-59-43-17-16-33-25-38(43)39(46(59)37-14-10-18-53-44(37)31(4)67-8)26-52(5,6)29-68-51(66)40-15-12-20-60(56-40)50(65)41(23-32-21-35(33)24-36(61)22-32)55-47(62)45(30(2)3)57(7)48(63)34-13-11-19-58(28-34)49(64)42-27-54-42/h10,14,16-18,21-22,24-25,30-31,34,40-42,45,54,56,61H,9,11-13,15,19-20,23,26-29H2,1-8H3,(H,55,62)/t31-,34+,40-,41-,42+,45-/m0/s1. The Balaban J connectivity index is 1.18. The molecule has 68 heavy (non-hydrogen) atoms. The maximum Gasteiger partial charge on any atom is 0.324 e. The van der Waals surface area contributed by atoms with E-state index >= 15 is 0 Å². The molecule has 4 aromatic rings. The van der Waals surface area contributed by atoms with Gasteiger partial charge in [-0.25, -0.2) is 5.43 Å². The summed E-state index contributed by atoms with van der Waals surface area (Å²) in [6.45, 7) is 14.5. The van der Waals surface area contributed by atoms with Gasteiger partial charge in [-0.1, -0.05) is 39.8 Å². The molecule has 3 fully saturated rings. The lowest BCUT2D eigenvalue weighted by molar-refractivity contribution is -0.155. The number of piperidine rings is 1. The van der Waals surface area contributed by atoms with Crippen molar-refractivity contribution < 1.29 is 38.6 Å². The monoisotopic (exact) mass is 933 g/mol. The number of hydrogen-bond donors (Lipinski definition) is 4. The Kier molecular flexibility index (Phi) is 14.3. The Morgan fingerprint density at radius 2 is 1.81 bits per heavy atom. The number of aromatic hydroxyl groups is 1. The van der Waals surface area contributed by atoms with Crippen molar-refractivity contribution in [3.05, 3.63) is 71.5 Å². The zero-order chi connectivity index (χ0) is 48.6. The van der Waals surface area contributed by atoms with E-state index in [4.69, 9.17) is 14.5 Å². The van der Waals surface area contributed by atoms with Crippen molar-refractivity contribution in [1.29, 1.82) is 0 Å². The SMILES string of the molecule is CCn1c(-c2cccnc2[C@H](C)OC)c2c3cc(ccc31)-c1cc(O)cc(c1)C[C@H](NC(=O)[C@H](C(C)C)N(C)C(=O)[C@@H]1CCCN(C(=O)[C@H]3CN3)C1)C(=O)N1CCC[C@H](N1)C(=O)OCC(C)(C)C2. The summed E-state index contributed by atoms with van der Waals surface area (Å²) in [5, 5.41) is 19.8. The first-order valence-electron chi connectivity index (χ1n) is 24.3. The summed E-state index contributed by atoms with van der Waals surface area (Å²) in [6.07, 6.45) is 4.26. The van der Waals surface area contributed by atoms with Crippen LogP contribution in [0.4, 0.5) is 0 Å². The molecule has 8 rings (SSSR count). The summed E-state index contributed by atoms with van der Waals surface area (Å²) in [5.41, 5.74) is 9.58. The number of carbonyl (C=O) groups excluding carboxylic acids is 5. The third kappa shape index (κ3) is 10.1. The lowest BCUT2D eigenvalue weighted by atomic mass is 9.84. The zero-order valence-electron chi connectivity index (χ0n) is 40.8. The second-order valence-electron chi connectivity index (χ2n) is 20.3. The smallest absolute Gasteiger partial charge is 0.324 e. The molecule has 4 amide bonds. The number of aryl methyl sites for hydroxylation is 1. The van der Waals surface area contributed by atoms with Crippen molar-refractivity contribution in [3.8, 4) is 28.1 Å². The summed E-state index contributed by atoms with van der Waals surface area (Å²) in [4.78, 5) is 78.5. The van der Waals surface area contributed by atoms with Crippen molar-refractivity contribution in [2.75, 3.05) is 46.9 Å². The molecule has 6 heterocycles. The van der Waals surface area contributed by atoms with Crippen LogP contribution in [0.5, 0.6) is 5.75 Å². The summed E-state index contributed by atoms with van der Waals surface area (Å²) in [5.74, 6) is -2.51. The predicted molar refractivity (Wildman–Crippen MR) is 258 cm³/mol. The van der Waals surface area contributed by atoms with Crippen LogP contribution in [0, 0.1) is 17.3 Å². The van der Waals surface area contributed by atoms with Gasteiger partial charge in [0.15, 0.2) is 0 Å². The first-order valence-corrected chi connectivity index (χ1v) is 24.3. The second-order valence-corrected chi connectivity index (χ2v) is 20.3. The number of fused-ring (bicyclic) bond motifs is 6. The number of esters is 1. The zero-order valence-corrected chi connectivity index (χ0v) is 40.8. The molecule has 0 unspecified atom stereocenters. The van der Waals surface area contributed by atoms with Gasteiger partial charge in [0.25, 0.3) is 5.91 Å². The molecule has 6 bridgehead atoms. The molecule has 0 aliphatic carbocycles. The van der Waals surface area contributed by atoms with Crippen molar-refractivity contribution in [1.82, 2.24) is 40.4 Å². The van der Waals surface area contributed by atoms with Crippen molar-refractivity contribution >= 4 is 40.5 Å². The molecule has 3 saturated heterocycles. The van der Waals surface area contributed by atoms with Gasteiger partial charge in [-0.05, 0) is 111 Å². The lowest BCUT2D eigenvalue weighted by Gasteiger charge is -2.38. The number of rotatable bonds is 10. The molecule has 4 aliphatic heterocycles. The third-order valence-electron chi connectivity index (χ3n) is 14.1. The largest absolute Gasteiger partial charge is 0.508 e. The average molecular weight is 933 g/mol. The van der Waals surface area contributed by atoms with E-state index < -0.39 is 47.2 Å². The molecule has 4 aliphatic rings. The van der Waals surface area contributed by atoms with Crippen molar-refractivity contribution in [2.24, 2.45) is 17.3 Å². The molecule has 4 N–H and O–H groups in total. The number of carbonyl (C=O) groups is 5. The fourth-order valence-electron chi connectivity index (χ4n) is 10.5. The molecule has 6 atom stereocenters. The topological polar surface area (TPSA) is 198 Å². The molecule has 16 nitrogen and oxygen atoms in total. The molecule has 364 valence electrons. The molecular formula is C52H68N8O8. The summed E-state index contributed by atoms with van der Waals surface area (Å²) in [6, 6.07) is 12.4. The Bertz CT molecular complexity index is 2570. The number of ether oxygens (including phenoxy) is 2. The minimum absolute atomic E-state index is 0.00368. The number of pyridine rings is 1. The third-order valence-corrected chi connectivity index (χ3v) is 14.1. The average Bonchev–Trinajstić information content (AvgIpc) is 4.14. The van der Waals surface area contributed by atoms with E-state index in [0.717, 1.165) is 44.5 Å². The molecular weight excluding hydrogens is 865 g/mol. The van der Waals surface area contributed by atoms with Crippen LogP contribution < -0.4 is 16.1 Å². The van der Waals surface area contributed by atoms with E-state index in [2.05, 4.69) is 59.6 Å². The van der Waals surface area contributed by atoms with Crippen LogP contribution >= 0.6 is 0 Å². The summed E-state index contributed by atoms with van der Waals surface area (Å²) >= 11 is 0. The highest BCUT2D eigenvalue weighted by atomic mass is 16.5. The van der Waals surface area contributed by atoms with Crippen LogP contribution in [0.25, 0.3) is 33.3 Å². The van der Waals surface area contributed by atoms with Crippen LogP contribution in [0.1, 0.15) is 90.2 Å². The highest BCUT2D eigenvalue weighted by molar-refractivity contribution is 5.96. The van der Waals surface area contributed by atoms with Crippen LogP contribution in [0.15, 0.2) is 54.7 Å². The number of hydrazine groups is 1. The summed E-state index contributed by atoms with van der Waals surface area (Å²) < 4.78 is 14.2.